The highest BCUT2D eigenvalue weighted by molar-refractivity contribution is 6.09. The molecule has 116 valence electrons. The first-order valence-electron chi connectivity index (χ1n) is 7.77. The second kappa shape index (κ2) is 7.99. The van der Waals surface area contributed by atoms with Crippen LogP contribution in [0.25, 0.3) is 10.4 Å². The highest BCUT2D eigenvalue weighted by Gasteiger charge is 2.46. The van der Waals surface area contributed by atoms with Crippen LogP contribution in [0.1, 0.15) is 65.2 Å². The predicted octanol–water partition coefficient (Wildman–Crippen LogP) is 4.52. The van der Waals surface area contributed by atoms with E-state index >= 15 is 0 Å². The second-order valence-corrected chi connectivity index (χ2v) is 5.87. The van der Waals surface area contributed by atoms with Gasteiger partial charge in [0, 0.05) is 23.8 Å². The van der Waals surface area contributed by atoms with Crippen LogP contribution in [0.4, 0.5) is 0 Å². The molecule has 21 heavy (non-hydrogen) atoms. The van der Waals surface area contributed by atoms with E-state index in [1.54, 1.807) is 0 Å². The summed E-state index contributed by atoms with van der Waals surface area (Å²) in [6, 6.07) is -0.149. The lowest BCUT2D eigenvalue weighted by molar-refractivity contribution is -0.144. The van der Waals surface area contributed by atoms with E-state index < -0.39 is 5.41 Å². The third kappa shape index (κ3) is 4.18. The van der Waals surface area contributed by atoms with Crippen molar-refractivity contribution in [3.63, 3.8) is 0 Å². The minimum atomic E-state index is -0.913. The summed E-state index contributed by atoms with van der Waals surface area (Å²) in [5.41, 5.74) is 8.59. The summed E-state index contributed by atoms with van der Waals surface area (Å²) >= 11 is 0. The largest absolute Gasteiger partial charge is 0.299 e. The Morgan fingerprint density at radius 2 is 2.00 bits per heavy atom. The van der Waals surface area contributed by atoms with Crippen LogP contribution in [0.15, 0.2) is 17.3 Å². The fraction of sp³-hybridized carbons (Fsp3) is 0.750. The van der Waals surface area contributed by atoms with Crippen LogP contribution in [0.2, 0.25) is 0 Å². The Kier molecular flexibility index (Phi) is 6.63. The molecule has 0 spiro atoms. The van der Waals surface area contributed by atoms with Crippen LogP contribution in [0, 0.1) is 5.41 Å². The number of rotatable bonds is 8. The highest BCUT2D eigenvalue weighted by Crippen LogP contribution is 2.41. The average Bonchev–Trinajstić information content (AvgIpc) is 2.48. The van der Waals surface area contributed by atoms with E-state index in [1.807, 2.05) is 13.8 Å². The molecule has 1 aliphatic rings. The van der Waals surface area contributed by atoms with Gasteiger partial charge in [-0.2, -0.15) is 0 Å². The molecule has 0 radical (unpaired) electrons. The highest BCUT2D eigenvalue weighted by atomic mass is 16.2. The average molecular weight is 291 g/mol. The van der Waals surface area contributed by atoms with E-state index in [4.69, 9.17) is 5.53 Å². The van der Waals surface area contributed by atoms with Crippen molar-refractivity contribution < 1.29 is 9.59 Å². The van der Waals surface area contributed by atoms with Gasteiger partial charge in [0.05, 0.1) is 5.41 Å². The molecule has 1 rings (SSSR count). The maximum absolute atomic E-state index is 12.5. The van der Waals surface area contributed by atoms with Crippen molar-refractivity contribution in [1.29, 1.82) is 0 Å². The molecule has 0 aromatic carbocycles. The van der Waals surface area contributed by atoms with Gasteiger partial charge in [-0.3, -0.25) is 9.59 Å². The van der Waals surface area contributed by atoms with Gasteiger partial charge in [-0.1, -0.05) is 31.1 Å². The fourth-order valence-corrected chi connectivity index (χ4v) is 2.99. The number of hydrogen-bond donors (Lipinski definition) is 0. The van der Waals surface area contributed by atoms with Gasteiger partial charge < -0.3 is 0 Å². The number of ketones is 2. The number of nitrogens with zero attached hydrogens (tertiary/aromatic N) is 3. The molecule has 0 N–H and O–H groups in total. The molecule has 5 nitrogen and oxygen atoms in total. The first kappa shape index (κ1) is 17.4. The standard InChI is InChI=1S/C16H25N3O2/c1-4-12(3)11-16(10-9-13(5-2)18-19-17)14(20)7-6-8-15(16)21/h13H,3-11H2,1-2H3. The van der Waals surface area contributed by atoms with Crippen LogP contribution < -0.4 is 0 Å². The van der Waals surface area contributed by atoms with Crippen molar-refractivity contribution in [2.24, 2.45) is 10.5 Å². The summed E-state index contributed by atoms with van der Waals surface area (Å²) in [6.45, 7) is 7.91. The zero-order valence-corrected chi connectivity index (χ0v) is 13.1. The Labute approximate surface area is 126 Å². The van der Waals surface area contributed by atoms with Gasteiger partial charge in [-0.15, -0.1) is 0 Å². The number of allylic oxidation sites excluding steroid dienone is 1. The van der Waals surface area contributed by atoms with Crippen LogP contribution in [-0.2, 0) is 9.59 Å². The van der Waals surface area contributed by atoms with E-state index in [1.165, 1.54) is 0 Å². The minimum Gasteiger partial charge on any atom is -0.299 e. The fourth-order valence-electron chi connectivity index (χ4n) is 2.99. The predicted molar refractivity (Wildman–Crippen MR) is 82.8 cm³/mol. The van der Waals surface area contributed by atoms with E-state index in [2.05, 4.69) is 16.6 Å². The van der Waals surface area contributed by atoms with Crippen molar-refractivity contribution in [1.82, 2.24) is 0 Å². The Morgan fingerprint density at radius 1 is 1.38 bits per heavy atom. The lowest BCUT2D eigenvalue weighted by atomic mass is 9.65. The Balaban J connectivity index is 2.95. The molecule has 1 saturated carbocycles. The molecule has 1 atom stereocenters. The third-order valence-corrected chi connectivity index (χ3v) is 4.52. The Bertz CT molecular complexity index is 448. The number of azide groups is 1. The molecular formula is C16H25N3O2. The maximum Gasteiger partial charge on any atom is 0.146 e. The van der Waals surface area contributed by atoms with Gasteiger partial charge >= 0.3 is 0 Å². The number of hydrogen-bond acceptors (Lipinski definition) is 3. The lowest BCUT2D eigenvalue weighted by Gasteiger charge is -2.35. The first-order chi connectivity index (χ1) is 10.00. The SMILES string of the molecule is C=C(CC)CC1(CCC(CC)N=[N+]=[N-])C(=O)CCCC1=O. The number of Topliss-reactive ketones (excluding diaryl/α,β-unsaturated/α-hetero) is 2. The molecule has 5 heteroatoms. The third-order valence-electron chi connectivity index (χ3n) is 4.52. The zero-order chi connectivity index (χ0) is 15.9. The Hall–Kier alpha value is -1.61. The van der Waals surface area contributed by atoms with Crippen molar-refractivity contribution in [3.05, 3.63) is 22.6 Å². The monoisotopic (exact) mass is 291 g/mol. The molecule has 0 amide bonds. The first-order valence-corrected chi connectivity index (χ1v) is 7.77. The van der Waals surface area contributed by atoms with Crippen molar-refractivity contribution in [2.45, 2.75) is 71.3 Å². The van der Waals surface area contributed by atoms with Gasteiger partial charge in [0.2, 0.25) is 0 Å². The molecule has 0 aromatic rings. The van der Waals surface area contributed by atoms with Gasteiger partial charge in [0.1, 0.15) is 11.6 Å². The Morgan fingerprint density at radius 3 is 2.48 bits per heavy atom. The second-order valence-electron chi connectivity index (χ2n) is 5.87. The molecular weight excluding hydrogens is 266 g/mol. The molecule has 0 aromatic heterocycles. The quantitative estimate of drug-likeness (QED) is 0.216. The van der Waals surface area contributed by atoms with E-state index in [9.17, 15) is 9.59 Å². The molecule has 0 saturated heterocycles. The molecule has 1 fully saturated rings. The molecule has 0 bridgehead atoms. The number of carbonyl (C=O) groups is 2. The summed E-state index contributed by atoms with van der Waals surface area (Å²) in [6.07, 6.45) is 4.60. The van der Waals surface area contributed by atoms with Gasteiger partial charge in [0.15, 0.2) is 0 Å². The van der Waals surface area contributed by atoms with E-state index in [0.717, 1.165) is 18.4 Å². The minimum absolute atomic E-state index is 0.0455. The van der Waals surface area contributed by atoms with Crippen molar-refractivity contribution in [2.75, 3.05) is 0 Å². The van der Waals surface area contributed by atoms with Gasteiger partial charge in [-0.05, 0) is 44.1 Å². The maximum atomic E-state index is 12.5. The molecule has 1 unspecified atom stereocenters. The normalized spacial score (nSPS) is 19.0. The van der Waals surface area contributed by atoms with Gasteiger partial charge in [-0.25, -0.2) is 0 Å². The van der Waals surface area contributed by atoms with Crippen molar-refractivity contribution in [3.8, 4) is 0 Å². The topological polar surface area (TPSA) is 82.9 Å². The van der Waals surface area contributed by atoms with Crippen LogP contribution >= 0.6 is 0 Å². The van der Waals surface area contributed by atoms with Gasteiger partial charge in [0.25, 0.3) is 0 Å². The van der Waals surface area contributed by atoms with Crippen LogP contribution in [-0.4, -0.2) is 17.6 Å². The smallest absolute Gasteiger partial charge is 0.146 e. The molecule has 1 aliphatic carbocycles. The zero-order valence-electron chi connectivity index (χ0n) is 13.1. The van der Waals surface area contributed by atoms with E-state index in [0.29, 0.717) is 38.5 Å². The lowest BCUT2D eigenvalue weighted by Crippen LogP contribution is -2.43. The summed E-state index contributed by atoms with van der Waals surface area (Å²) < 4.78 is 0. The molecule has 0 heterocycles. The summed E-state index contributed by atoms with van der Waals surface area (Å²) in [5, 5.41) is 3.74. The summed E-state index contributed by atoms with van der Waals surface area (Å²) in [4.78, 5) is 27.8. The molecule has 0 aliphatic heterocycles. The summed E-state index contributed by atoms with van der Waals surface area (Å²) in [5.74, 6) is 0.0910. The number of carbonyl (C=O) groups excluding carboxylic acids is 2. The van der Waals surface area contributed by atoms with Crippen LogP contribution in [0.5, 0.6) is 0 Å². The van der Waals surface area contributed by atoms with Crippen LogP contribution in [0.3, 0.4) is 0 Å². The summed E-state index contributed by atoms with van der Waals surface area (Å²) in [7, 11) is 0. The van der Waals surface area contributed by atoms with Crippen molar-refractivity contribution >= 4 is 11.6 Å². The van der Waals surface area contributed by atoms with E-state index in [-0.39, 0.29) is 17.6 Å².